The zero-order chi connectivity index (χ0) is 58.5. The van der Waals surface area contributed by atoms with E-state index in [-0.39, 0.29) is 16.4 Å². The SMILES string of the molecule is [B]c1c([B])c([B])c(S(c2ccccc2)(c2ccccc2)c2cc(-c3ccccc3)c(-n3c4ccccc4c4cc(-n5c6ccccc6c6cccc(-c7ccccc7-c7cccc8oc9ccccc9c78)c65)ccc43)c(-c3ccccc3)c2)c([B])c1[B]. The molecule has 396 valence electrons. The summed E-state index contributed by atoms with van der Waals surface area (Å²) in [5.74, 6) is 0. The van der Waals surface area contributed by atoms with Crippen molar-refractivity contribution in [3.63, 3.8) is 0 Å². The molecule has 0 saturated carbocycles. The van der Waals surface area contributed by atoms with E-state index in [1.807, 2.05) is 24.3 Å². The van der Waals surface area contributed by atoms with E-state index >= 15 is 0 Å². The van der Waals surface area contributed by atoms with Crippen LogP contribution in [0, 0.1) is 0 Å². The van der Waals surface area contributed by atoms with Crippen LogP contribution in [-0.4, -0.2) is 48.4 Å². The van der Waals surface area contributed by atoms with Gasteiger partial charge in [0.1, 0.15) is 50.4 Å². The molecular formula is C78H47B5N2OS. The fraction of sp³-hybridized carbons (Fsp3) is 0. The zero-order valence-electron chi connectivity index (χ0n) is 47.2. The summed E-state index contributed by atoms with van der Waals surface area (Å²) < 4.78 is 11.4. The Balaban J connectivity index is 0.990. The highest BCUT2D eigenvalue weighted by atomic mass is 32.3. The molecule has 0 saturated heterocycles. The lowest BCUT2D eigenvalue weighted by atomic mass is 9.62. The lowest BCUT2D eigenvalue weighted by Gasteiger charge is -2.46. The van der Waals surface area contributed by atoms with E-state index in [1.54, 1.807) is 0 Å². The monoisotopic (exact) mass is 1110 g/mol. The third-order valence-corrected chi connectivity index (χ3v) is 21.5. The average Bonchev–Trinajstić information content (AvgIpc) is 1.63. The number of fused-ring (bicyclic) bond motifs is 9. The van der Waals surface area contributed by atoms with Crippen LogP contribution in [0.25, 0.3) is 121 Å². The first-order chi connectivity index (χ1) is 42.8. The quantitative estimate of drug-likeness (QED) is 0.125. The van der Waals surface area contributed by atoms with Crippen LogP contribution in [-0.2, 0) is 0 Å². The van der Waals surface area contributed by atoms with Gasteiger partial charge in [-0.3, -0.25) is 0 Å². The number of benzene rings is 13. The van der Waals surface area contributed by atoms with Gasteiger partial charge in [0.15, 0.2) is 0 Å². The molecule has 0 fully saturated rings. The molecule has 0 spiro atoms. The lowest BCUT2D eigenvalue weighted by Crippen LogP contribution is -2.56. The number of hydrogen-bond donors (Lipinski definition) is 0. The fourth-order valence-electron chi connectivity index (χ4n) is 13.7. The molecular weight excluding hydrogens is 1070 g/mol. The third kappa shape index (κ3) is 8.06. The van der Waals surface area contributed by atoms with Gasteiger partial charge in [-0.25, -0.2) is 0 Å². The van der Waals surface area contributed by atoms with E-state index in [0.29, 0.717) is 15.8 Å². The summed E-state index contributed by atoms with van der Waals surface area (Å²) in [6.07, 6.45) is 0. The maximum absolute atomic E-state index is 7.36. The first kappa shape index (κ1) is 52.5. The van der Waals surface area contributed by atoms with Gasteiger partial charge >= 0.3 is 0 Å². The smallest absolute Gasteiger partial charge is 0.136 e. The molecule has 9 heteroatoms. The van der Waals surface area contributed by atoms with Gasteiger partial charge in [-0.2, -0.15) is 0 Å². The van der Waals surface area contributed by atoms with Crippen molar-refractivity contribution in [3.05, 3.63) is 285 Å². The average molecular weight is 1110 g/mol. The molecule has 0 unspecified atom stereocenters. The molecule has 87 heavy (non-hydrogen) atoms. The van der Waals surface area contributed by atoms with Crippen molar-refractivity contribution in [2.45, 2.75) is 19.6 Å². The summed E-state index contributed by atoms with van der Waals surface area (Å²) in [6, 6.07) is 102. The van der Waals surface area contributed by atoms with Crippen LogP contribution >= 0.6 is 10.0 Å². The second kappa shape index (κ2) is 20.9. The Morgan fingerprint density at radius 1 is 0.287 bits per heavy atom. The minimum Gasteiger partial charge on any atom is -0.456 e. The fourth-order valence-corrected chi connectivity index (χ4v) is 17.8. The molecule has 16 rings (SSSR count). The molecule has 0 aliphatic heterocycles. The molecule has 3 aromatic heterocycles. The van der Waals surface area contributed by atoms with E-state index in [2.05, 4.69) is 270 Å². The lowest BCUT2D eigenvalue weighted by molar-refractivity contribution is 0.669. The molecule has 3 nitrogen and oxygen atoms in total. The first-order valence-corrected chi connectivity index (χ1v) is 30.7. The molecule has 0 bridgehead atoms. The molecule has 0 amide bonds. The maximum Gasteiger partial charge on any atom is 0.136 e. The summed E-state index contributed by atoms with van der Waals surface area (Å²) in [7, 11) is 32.5. The zero-order valence-corrected chi connectivity index (χ0v) is 48.0. The van der Waals surface area contributed by atoms with Crippen LogP contribution in [0.15, 0.2) is 309 Å². The van der Waals surface area contributed by atoms with Crippen molar-refractivity contribution >= 4 is 142 Å². The Morgan fingerprint density at radius 3 is 1.34 bits per heavy atom. The normalized spacial score (nSPS) is 12.1. The van der Waals surface area contributed by atoms with E-state index in [9.17, 15) is 0 Å². The second-order valence-electron chi connectivity index (χ2n) is 22.2. The summed E-state index contributed by atoms with van der Waals surface area (Å²) in [4.78, 5) is 3.60. The van der Waals surface area contributed by atoms with Crippen LogP contribution in [0.4, 0.5) is 0 Å². The molecule has 0 aliphatic rings. The van der Waals surface area contributed by atoms with Gasteiger partial charge in [-0.15, -0.1) is 26.4 Å². The van der Waals surface area contributed by atoms with Gasteiger partial charge in [-0.05, 0) is 112 Å². The van der Waals surface area contributed by atoms with E-state index < -0.39 is 10.0 Å². The van der Waals surface area contributed by atoms with Gasteiger partial charge in [0, 0.05) is 69.4 Å². The Morgan fingerprint density at radius 2 is 0.724 bits per heavy atom. The molecule has 3 heterocycles. The van der Waals surface area contributed by atoms with Crippen molar-refractivity contribution in [3.8, 4) is 55.9 Å². The van der Waals surface area contributed by atoms with Gasteiger partial charge in [0.25, 0.3) is 0 Å². The van der Waals surface area contributed by atoms with Gasteiger partial charge in [-0.1, -0.05) is 217 Å². The second-order valence-corrected chi connectivity index (χ2v) is 25.2. The molecule has 16 aromatic rings. The third-order valence-electron chi connectivity index (χ3n) is 17.5. The van der Waals surface area contributed by atoms with Crippen molar-refractivity contribution in [2.75, 3.05) is 0 Å². The molecule has 0 atom stereocenters. The van der Waals surface area contributed by atoms with Crippen LogP contribution in [0.2, 0.25) is 0 Å². The van der Waals surface area contributed by atoms with Crippen LogP contribution < -0.4 is 27.3 Å². The minimum absolute atomic E-state index is 0.167. The Hall–Kier alpha value is -10.1. The van der Waals surface area contributed by atoms with Crippen LogP contribution in [0.1, 0.15) is 0 Å². The predicted molar refractivity (Wildman–Crippen MR) is 371 cm³/mol. The number of nitrogens with zero attached hydrogens (tertiary/aromatic N) is 2. The van der Waals surface area contributed by atoms with Crippen LogP contribution in [0.3, 0.4) is 0 Å². The highest BCUT2D eigenvalue weighted by molar-refractivity contribution is 8.34. The van der Waals surface area contributed by atoms with Crippen molar-refractivity contribution in [1.82, 2.24) is 9.13 Å². The van der Waals surface area contributed by atoms with E-state index in [1.165, 1.54) is 10.8 Å². The van der Waals surface area contributed by atoms with Gasteiger partial charge < -0.3 is 13.6 Å². The molecule has 13 aromatic carbocycles. The van der Waals surface area contributed by atoms with Gasteiger partial charge in [0.2, 0.25) is 0 Å². The van der Waals surface area contributed by atoms with E-state index in [4.69, 9.17) is 43.6 Å². The standard InChI is InChI=1S/C78H47B5N2OS/c79-71-72(80)74(82)78(75(83)73(71)81)87(51-27-9-3-10-28-51,52-29-11-4-12-30-52)53-46-62(48-23-5-1-6-24-48)77(63(47-53)49-25-7-2-8-26-49)85-66-40-19-16-34-57(66)64-45-50(43-44-67(64)85)84-65-39-18-15-33-56(65)60-38-21-37-59(76(60)84)55-32-14-13-31-54(55)58-36-22-42-69-70(58)61-35-17-20-41-68(61)86-69/h1-47H. The highest BCUT2D eigenvalue weighted by Gasteiger charge is 2.38. The largest absolute Gasteiger partial charge is 0.456 e. The first-order valence-electron chi connectivity index (χ1n) is 29.1. The topological polar surface area (TPSA) is 23.0 Å². The maximum atomic E-state index is 7.36. The van der Waals surface area contributed by atoms with Crippen molar-refractivity contribution in [2.24, 2.45) is 0 Å². The van der Waals surface area contributed by atoms with E-state index in [0.717, 1.165) is 125 Å². The number of para-hydroxylation sites is 4. The number of rotatable bonds is 10. The van der Waals surface area contributed by atoms with Crippen LogP contribution in [0.5, 0.6) is 0 Å². The summed E-state index contributed by atoms with van der Waals surface area (Å²) in [5, 5.41) is 6.77. The Kier molecular flexibility index (Phi) is 12.6. The van der Waals surface area contributed by atoms with Gasteiger partial charge in [0.05, 0.1) is 27.8 Å². The molecule has 0 N–H and O–H groups in total. The molecule has 0 aliphatic carbocycles. The predicted octanol–water partition coefficient (Wildman–Crippen LogP) is 15.8. The number of furan rings is 1. The number of hydrogen-bond acceptors (Lipinski definition) is 1. The van der Waals surface area contributed by atoms with Crippen molar-refractivity contribution < 1.29 is 4.42 Å². The van der Waals surface area contributed by atoms with Crippen molar-refractivity contribution in [1.29, 1.82) is 0 Å². The Labute approximate surface area is 512 Å². The molecule has 10 radical (unpaired) electrons. The summed E-state index contributed by atoms with van der Waals surface area (Å²) >= 11 is 0. The minimum atomic E-state index is -2.67. The Bertz CT molecular complexity index is 5280. The summed E-state index contributed by atoms with van der Waals surface area (Å²) in [6.45, 7) is 0. The highest BCUT2D eigenvalue weighted by Crippen LogP contribution is 2.73. The summed E-state index contributed by atoms with van der Waals surface area (Å²) in [5.41, 5.74) is 17.9. The number of aromatic nitrogens is 2.